The zero-order valence-electron chi connectivity index (χ0n) is 18.0. The highest BCUT2D eigenvalue weighted by molar-refractivity contribution is 5.82. The molecule has 0 saturated carbocycles. The first-order valence-corrected chi connectivity index (χ1v) is 10.2. The zero-order valence-corrected chi connectivity index (χ0v) is 18.0. The minimum atomic E-state index is -0.759. The number of aliphatic hydroxyl groups is 1. The van der Waals surface area contributed by atoms with Crippen LogP contribution in [0, 0.1) is 13.8 Å². The van der Waals surface area contributed by atoms with Crippen LogP contribution in [0.4, 0.5) is 0 Å². The van der Waals surface area contributed by atoms with E-state index in [1.165, 1.54) is 0 Å². The highest BCUT2D eigenvalue weighted by Gasteiger charge is 2.24. The molecule has 0 unspecified atom stereocenters. The van der Waals surface area contributed by atoms with E-state index >= 15 is 0 Å². The van der Waals surface area contributed by atoms with Gasteiger partial charge in [-0.2, -0.15) is 5.10 Å². The lowest BCUT2D eigenvalue weighted by Crippen LogP contribution is -2.32. The number of fused-ring (bicyclic) bond motifs is 1. The summed E-state index contributed by atoms with van der Waals surface area (Å²) < 4.78 is 13.5. The van der Waals surface area contributed by atoms with E-state index in [0.717, 1.165) is 45.6 Å². The van der Waals surface area contributed by atoms with Gasteiger partial charge in [0.05, 0.1) is 36.2 Å². The Bertz CT molecular complexity index is 957. The van der Waals surface area contributed by atoms with E-state index in [-0.39, 0.29) is 0 Å². The summed E-state index contributed by atoms with van der Waals surface area (Å²) in [5, 5.41) is 16.3. The SMILES string of the molecule is CCC(O)(CC)Cn1ncc2cc(Oc3c(C)ccnc3C)c(CCOC)cc21. The van der Waals surface area contributed by atoms with E-state index in [1.54, 1.807) is 13.3 Å². The lowest BCUT2D eigenvalue weighted by molar-refractivity contribution is 0.0131. The van der Waals surface area contributed by atoms with Crippen molar-refractivity contribution in [3.05, 3.63) is 47.4 Å². The van der Waals surface area contributed by atoms with Gasteiger partial charge in [-0.1, -0.05) is 13.8 Å². The molecule has 0 aliphatic carbocycles. The van der Waals surface area contributed by atoms with Gasteiger partial charge in [0.15, 0.2) is 5.75 Å². The first-order valence-electron chi connectivity index (χ1n) is 10.2. The second-order valence-electron chi connectivity index (χ2n) is 7.64. The number of hydrogen-bond acceptors (Lipinski definition) is 5. The summed E-state index contributed by atoms with van der Waals surface area (Å²) >= 11 is 0. The van der Waals surface area contributed by atoms with Gasteiger partial charge in [-0.05, 0) is 62.4 Å². The summed E-state index contributed by atoms with van der Waals surface area (Å²) in [7, 11) is 1.70. The molecule has 29 heavy (non-hydrogen) atoms. The summed E-state index contributed by atoms with van der Waals surface area (Å²) in [6.45, 7) is 9.03. The van der Waals surface area contributed by atoms with Crippen LogP contribution in [-0.2, 0) is 17.7 Å². The lowest BCUT2D eigenvalue weighted by atomic mass is 9.97. The number of hydrogen-bond donors (Lipinski definition) is 1. The maximum Gasteiger partial charge on any atom is 0.151 e. The predicted octanol–water partition coefficient (Wildman–Crippen LogP) is 4.58. The number of nitrogens with zero attached hydrogens (tertiary/aromatic N) is 3. The molecule has 0 fully saturated rings. The molecule has 0 amide bonds. The lowest BCUT2D eigenvalue weighted by Gasteiger charge is -2.25. The van der Waals surface area contributed by atoms with Gasteiger partial charge in [0.25, 0.3) is 0 Å². The van der Waals surface area contributed by atoms with Crippen molar-refractivity contribution in [1.82, 2.24) is 14.8 Å². The van der Waals surface area contributed by atoms with Gasteiger partial charge >= 0.3 is 0 Å². The fraction of sp³-hybridized carbons (Fsp3) is 0.478. The molecular formula is C23H31N3O3. The van der Waals surface area contributed by atoms with Crippen LogP contribution in [-0.4, -0.2) is 39.2 Å². The molecule has 0 bridgehead atoms. The van der Waals surface area contributed by atoms with E-state index < -0.39 is 5.60 Å². The van der Waals surface area contributed by atoms with E-state index in [4.69, 9.17) is 9.47 Å². The molecule has 2 heterocycles. The molecule has 0 spiro atoms. The third kappa shape index (κ3) is 4.60. The maximum absolute atomic E-state index is 10.8. The van der Waals surface area contributed by atoms with Gasteiger partial charge in [-0.25, -0.2) is 0 Å². The largest absolute Gasteiger partial charge is 0.455 e. The van der Waals surface area contributed by atoms with Crippen LogP contribution in [0.1, 0.15) is 43.5 Å². The van der Waals surface area contributed by atoms with E-state index in [0.29, 0.717) is 26.0 Å². The molecule has 156 valence electrons. The molecular weight excluding hydrogens is 366 g/mol. The van der Waals surface area contributed by atoms with Crippen LogP contribution in [0.2, 0.25) is 0 Å². The van der Waals surface area contributed by atoms with Crippen molar-refractivity contribution in [2.75, 3.05) is 13.7 Å². The van der Waals surface area contributed by atoms with Crippen LogP contribution < -0.4 is 4.74 Å². The second-order valence-corrected chi connectivity index (χ2v) is 7.64. The summed E-state index contributed by atoms with van der Waals surface area (Å²) in [5.41, 5.74) is 3.17. The van der Waals surface area contributed by atoms with Crippen LogP contribution in [0.5, 0.6) is 11.5 Å². The van der Waals surface area contributed by atoms with Crippen molar-refractivity contribution in [2.45, 2.75) is 59.1 Å². The Kier molecular flexibility index (Phi) is 6.55. The van der Waals surface area contributed by atoms with Gasteiger partial charge < -0.3 is 14.6 Å². The van der Waals surface area contributed by atoms with Gasteiger partial charge in [-0.3, -0.25) is 9.67 Å². The Morgan fingerprint density at radius 1 is 1.17 bits per heavy atom. The first-order chi connectivity index (χ1) is 13.9. The van der Waals surface area contributed by atoms with Gasteiger partial charge in [0.1, 0.15) is 5.75 Å². The fourth-order valence-electron chi connectivity index (χ4n) is 3.47. The van der Waals surface area contributed by atoms with Crippen LogP contribution in [0.15, 0.2) is 30.6 Å². The van der Waals surface area contributed by atoms with Crippen molar-refractivity contribution >= 4 is 10.9 Å². The number of rotatable bonds is 9. The molecule has 2 aromatic heterocycles. The van der Waals surface area contributed by atoms with Crippen LogP contribution in [0.25, 0.3) is 10.9 Å². The third-order valence-corrected chi connectivity index (χ3v) is 5.65. The highest BCUT2D eigenvalue weighted by atomic mass is 16.5. The Morgan fingerprint density at radius 2 is 1.93 bits per heavy atom. The Morgan fingerprint density at radius 3 is 2.59 bits per heavy atom. The maximum atomic E-state index is 10.8. The van der Waals surface area contributed by atoms with Crippen molar-refractivity contribution in [1.29, 1.82) is 0 Å². The van der Waals surface area contributed by atoms with E-state index in [2.05, 4.69) is 16.1 Å². The van der Waals surface area contributed by atoms with E-state index in [9.17, 15) is 5.11 Å². The van der Waals surface area contributed by atoms with Crippen LogP contribution >= 0.6 is 0 Å². The molecule has 6 nitrogen and oxygen atoms in total. The molecule has 0 radical (unpaired) electrons. The number of pyridine rings is 1. The Labute approximate surface area is 172 Å². The molecule has 3 aromatic rings. The molecule has 1 N–H and O–H groups in total. The first kappa shape index (κ1) is 21.3. The van der Waals surface area contributed by atoms with Crippen molar-refractivity contribution < 1.29 is 14.6 Å². The molecule has 1 aromatic carbocycles. The number of aryl methyl sites for hydroxylation is 2. The summed E-state index contributed by atoms with van der Waals surface area (Å²) in [6.07, 6.45) is 5.71. The third-order valence-electron chi connectivity index (χ3n) is 5.65. The summed E-state index contributed by atoms with van der Waals surface area (Å²) in [5.74, 6) is 1.57. The number of methoxy groups -OCH3 is 1. The van der Waals surface area contributed by atoms with Crippen molar-refractivity contribution in [3.63, 3.8) is 0 Å². The van der Waals surface area contributed by atoms with Crippen molar-refractivity contribution in [3.8, 4) is 11.5 Å². The average Bonchev–Trinajstić information content (AvgIpc) is 3.10. The minimum Gasteiger partial charge on any atom is -0.455 e. The van der Waals surface area contributed by atoms with Crippen molar-refractivity contribution in [2.24, 2.45) is 0 Å². The second kappa shape index (κ2) is 8.93. The normalized spacial score (nSPS) is 11.9. The summed E-state index contributed by atoms with van der Waals surface area (Å²) in [4.78, 5) is 4.36. The number of benzene rings is 1. The standard InChI is InChI=1S/C23H31N3O3/c1-6-23(27,7-2)15-26-20-12-18(9-11-28-5)21(13-19(20)14-25-26)29-22-16(3)8-10-24-17(22)4/h8,10,12-14,27H,6-7,9,11,15H2,1-5H3. The van der Waals surface area contributed by atoms with Gasteiger partial charge in [-0.15, -0.1) is 0 Å². The van der Waals surface area contributed by atoms with Gasteiger partial charge in [0, 0.05) is 18.7 Å². The smallest absolute Gasteiger partial charge is 0.151 e. The molecule has 0 atom stereocenters. The monoisotopic (exact) mass is 397 g/mol. The predicted molar refractivity (Wildman–Crippen MR) is 115 cm³/mol. The summed E-state index contributed by atoms with van der Waals surface area (Å²) in [6, 6.07) is 6.07. The Hall–Kier alpha value is -2.44. The zero-order chi connectivity index (χ0) is 21.0. The molecule has 6 heteroatoms. The quantitative estimate of drug-likeness (QED) is 0.572. The van der Waals surface area contributed by atoms with Gasteiger partial charge in [0.2, 0.25) is 0 Å². The molecule has 0 aliphatic rings. The fourth-order valence-corrected chi connectivity index (χ4v) is 3.47. The Balaban J connectivity index is 2.04. The van der Waals surface area contributed by atoms with Crippen LogP contribution in [0.3, 0.4) is 0 Å². The number of ether oxygens (including phenoxy) is 2. The number of aromatic nitrogens is 3. The minimum absolute atomic E-state index is 0.467. The topological polar surface area (TPSA) is 69.4 Å². The highest BCUT2D eigenvalue weighted by Crippen LogP contribution is 2.34. The average molecular weight is 398 g/mol. The molecule has 0 aliphatic heterocycles. The van der Waals surface area contributed by atoms with E-state index in [1.807, 2.05) is 50.7 Å². The molecule has 3 rings (SSSR count). The molecule has 0 saturated heterocycles.